The van der Waals surface area contributed by atoms with Gasteiger partial charge in [0.1, 0.15) is 18.7 Å². The van der Waals surface area contributed by atoms with Gasteiger partial charge < -0.3 is 31.5 Å². The van der Waals surface area contributed by atoms with E-state index < -0.39 is 66.4 Å². The third-order valence-electron chi connectivity index (χ3n) is 8.78. The number of carbonyl (C=O) groups excluding carboxylic acids is 5. The second-order valence-electron chi connectivity index (χ2n) is 13.5. The maximum absolute atomic E-state index is 13.9. The van der Waals surface area contributed by atoms with Crippen LogP contribution in [0.15, 0.2) is 121 Å². The van der Waals surface area contributed by atoms with Crippen molar-refractivity contribution >= 4 is 29.7 Å². The minimum absolute atomic E-state index is 0.000310. The van der Waals surface area contributed by atoms with E-state index in [0.29, 0.717) is 0 Å². The average Bonchev–Trinajstić information content (AvgIpc) is 3.19. The molecule has 0 saturated carbocycles. The highest BCUT2D eigenvalue weighted by Gasteiger charge is 2.37. The van der Waals surface area contributed by atoms with Gasteiger partial charge in [-0.15, -0.1) is 0 Å². The fourth-order valence-corrected chi connectivity index (χ4v) is 5.72. The van der Waals surface area contributed by atoms with Gasteiger partial charge in [-0.25, -0.2) is 4.79 Å². The number of alkyl carbamates (subject to hydrolysis) is 1. The van der Waals surface area contributed by atoms with Crippen LogP contribution in [0, 0.1) is 5.92 Å². The second kappa shape index (κ2) is 21.7. The standard InChI is InChI=1S/C42H50N6O7/c1-28(2)36(48-42(54)55-27-32-21-13-6-14-22-32)40(52)46-34(23-29-15-7-3-8-16-29)38(50)37(44-25-30-17-9-4-10-18-30)41(53)47-35(49)24-33(43)39(51)45-26-31-19-11-5-12-20-31/h3-22,28,33-34,36-38,44,50H,23-27,43H2,1-2H3,(H,45,51)(H,46,52)(H,48,54)(H,47,49,53)/t33-,34?,36-,37?,38?/m0/s1. The molecular formula is C42H50N6O7. The van der Waals surface area contributed by atoms with Gasteiger partial charge >= 0.3 is 6.09 Å². The van der Waals surface area contributed by atoms with Crippen LogP contribution in [0.5, 0.6) is 0 Å². The van der Waals surface area contributed by atoms with E-state index in [1.165, 1.54) is 0 Å². The molecule has 8 N–H and O–H groups in total. The Bertz CT molecular complexity index is 1810. The van der Waals surface area contributed by atoms with Crippen LogP contribution in [0.4, 0.5) is 4.79 Å². The lowest BCUT2D eigenvalue weighted by Gasteiger charge is -2.32. The van der Waals surface area contributed by atoms with Crippen molar-refractivity contribution in [3.8, 4) is 0 Å². The van der Waals surface area contributed by atoms with Crippen molar-refractivity contribution in [1.82, 2.24) is 26.6 Å². The van der Waals surface area contributed by atoms with Crippen LogP contribution in [-0.4, -0.2) is 65.1 Å². The number of rotatable bonds is 19. The Morgan fingerprint density at radius 3 is 1.69 bits per heavy atom. The van der Waals surface area contributed by atoms with Gasteiger partial charge in [0, 0.05) is 13.1 Å². The summed E-state index contributed by atoms with van der Waals surface area (Å²) in [6, 6.07) is 31.6. The summed E-state index contributed by atoms with van der Waals surface area (Å²) in [7, 11) is 0. The molecule has 4 rings (SSSR count). The number of aliphatic hydroxyl groups excluding tert-OH is 1. The quantitative estimate of drug-likeness (QED) is 0.0753. The zero-order valence-corrected chi connectivity index (χ0v) is 31.0. The first kappa shape index (κ1) is 41.9. The number of benzene rings is 4. The minimum Gasteiger partial charge on any atom is -0.445 e. The average molecular weight is 751 g/mol. The number of nitrogens with two attached hydrogens (primary N) is 1. The molecule has 0 aliphatic heterocycles. The lowest BCUT2D eigenvalue weighted by Crippen LogP contribution is -2.62. The normalized spacial score (nSPS) is 13.7. The Morgan fingerprint density at radius 1 is 0.636 bits per heavy atom. The summed E-state index contributed by atoms with van der Waals surface area (Å²) in [6.45, 7) is 3.84. The Hall–Kier alpha value is -5.89. The Balaban J connectivity index is 1.49. The summed E-state index contributed by atoms with van der Waals surface area (Å²) >= 11 is 0. The molecule has 0 saturated heterocycles. The predicted octanol–water partition coefficient (Wildman–Crippen LogP) is 2.86. The third kappa shape index (κ3) is 14.1. The molecule has 4 aromatic carbocycles. The van der Waals surface area contributed by atoms with E-state index in [9.17, 15) is 29.1 Å². The molecule has 0 spiro atoms. The predicted molar refractivity (Wildman–Crippen MR) is 208 cm³/mol. The van der Waals surface area contributed by atoms with Gasteiger partial charge in [-0.05, 0) is 34.6 Å². The number of hydrogen-bond acceptors (Lipinski definition) is 9. The number of aliphatic hydroxyl groups is 1. The van der Waals surface area contributed by atoms with Crippen molar-refractivity contribution < 1.29 is 33.8 Å². The van der Waals surface area contributed by atoms with Crippen LogP contribution in [-0.2, 0) is 50.0 Å². The van der Waals surface area contributed by atoms with Crippen LogP contribution in [0.25, 0.3) is 0 Å². The van der Waals surface area contributed by atoms with E-state index in [4.69, 9.17) is 10.5 Å². The number of amides is 5. The highest BCUT2D eigenvalue weighted by molar-refractivity contribution is 6.00. The van der Waals surface area contributed by atoms with Gasteiger partial charge in [-0.3, -0.25) is 29.8 Å². The molecule has 0 radical (unpaired) electrons. The molecule has 0 aliphatic carbocycles. The van der Waals surface area contributed by atoms with E-state index in [-0.39, 0.29) is 32.0 Å². The van der Waals surface area contributed by atoms with Gasteiger partial charge in [0.05, 0.1) is 24.6 Å². The van der Waals surface area contributed by atoms with Crippen molar-refractivity contribution in [1.29, 1.82) is 0 Å². The van der Waals surface area contributed by atoms with Gasteiger partial charge in [-0.2, -0.15) is 0 Å². The molecule has 290 valence electrons. The van der Waals surface area contributed by atoms with Gasteiger partial charge in [0.2, 0.25) is 23.6 Å². The van der Waals surface area contributed by atoms with E-state index in [1.54, 1.807) is 38.1 Å². The fourth-order valence-electron chi connectivity index (χ4n) is 5.72. The molecular weight excluding hydrogens is 700 g/mol. The molecule has 0 aliphatic rings. The highest BCUT2D eigenvalue weighted by Crippen LogP contribution is 2.13. The summed E-state index contributed by atoms with van der Waals surface area (Å²) in [5.41, 5.74) is 9.17. The number of imide groups is 1. The Morgan fingerprint density at radius 2 is 1.15 bits per heavy atom. The maximum atomic E-state index is 13.9. The zero-order chi connectivity index (χ0) is 39.6. The number of carbonyl (C=O) groups is 5. The first-order chi connectivity index (χ1) is 26.5. The molecule has 13 heteroatoms. The van der Waals surface area contributed by atoms with E-state index >= 15 is 0 Å². The molecule has 0 bridgehead atoms. The monoisotopic (exact) mass is 750 g/mol. The van der Waals surface area contributed by atoms with E-state index in [0.717, 1.165) is 22.3 Å². The van der Waals surface area contributed by atoms with Crippen molar-refractivity contribution in [3.63, 3.8) is 0 Å². The Kier molecular flexibility index (Phi) is 16.5. The lowest BCUT2D eigenvalue weighted by molar-refractivity contribution is -0.136. The van der Waals surface area contributed by atoms with Crippen LogP contribution in [0.1, 0.15) is 42.5 Å². The topological polar surface area (TPSA) is 201 Å². The molecule has 3 unspecified atom stereocenters. The zero-order valence-electron chi connectivity index (χ0n) is 31.0. The summed E-state index contributed by atoms with van der Waals surface area (Å²) in [6.07, 6.45) is -2.81. The molecule has 55 heavy (non-hydrogen) atoms. The van der Waals surface area contributed by atoms with Crippen molar-refractivity contribution in [2.45, 2.75) is 76.7 Å². The first-order valence-electron chi connectivity index (χ1n) is 18.2. The van der Waals surface area contributed by atoms with Crippen LogP contribution in [0.3, 0.4) is 0 Å². The van der Waals surface area contributed by atoms with Gasteiger partial charge in [0.15, 0.2) is 0 Å². The highest BCUT2D eigenvalue weighted by atomic mass is 16.5. The maximum Gasteiger partial charge on any atom is 0.408 e. The number of ether oxygens (including phenoxy) is 1. The molecule has 5 atom stereocenters. The summed E-state index contributed by atoms with van der Waals surface area (Å²) in [5, 5.41) is 25.4. The van der Waals surface area contributed by atoms with Crippen molar-refractivity contribution in [2.75, 3.05) is 0 Å². The number of hydrogen-bond donors (Lipinski definition) is 7. The van der Waals surface area contributed by atoms with Crippen LogP contribution >= 0.6 is 0 Å². The molecule has 4 aromatic rings. The molecule has 5 amide bonds. The third-order valence-corrected chi connectivity index (χ3v) is 8.78. The van der Waals surface area contributed by atoms with E-state index in [1.807, 2.05) is 97.1 Å². The lowest BCUT2D eigenvalue weighted by atomic mass is 9.94. The summed E-state index contributed by atoms with van der Waals surface area (Å²) in [4.78, 5) is 66.2. The largest absolute Gasteiger partial charge is 0.445 e. The van der Waals surface area contributed by atoms with E-state index in [2.05, 4.69) is 26.6 Å². The van der Waals surface area contributed by atoms with Crippen LogP contribution in [0.2, 0.25) is 0 Å². The molecule has 0 aromatic heterocycles. The first-order valence-corrected chi connectivity index (χ1v) is 18.2. The number of nitrogens with one attached hydrogen (secondary N) is 5. The molecule has 0 fully saturated rings. The SMILES string of the molecule is CC(C)[C@H](NC(=O)OCc1ccccc1)C(=O)NC(Cc1ccccc1)C(O)C(NCc1ccccc1)C(=O)NC(=O)C[C@H](N)C(=O)NCc1ccccc1. The van der Waals surface area contributed by atoms with Crippen molar-refractivity contribution in [3.05, 3.63) is 144 Å². The molecule has 0 heterocycles. The van der Waals surface area contributed by atoms with Crippen molar-refractivity contribution in [2.24, 2.45) is 11.7 Å². The minimum atomic E-state index is -1.60. The van der Waals surface area contributed by atoms with Gasteiger partial charge in [0.25, 0.3) is 0 Å². The smallest absolute Gasteiger partial charge is 0.408 e. The Labute approximate surface area is 321 Å². The van der Waals surface area contributed by atoms with Gasteiger partial charge in [-0.1, -0.05) is 135 Å². The second-order valence-corrected chi connectivity index (χ2v) is 13.5. The summed E-state index contributed by atoms with van der Waals surface area (Å²) in [5.74, 6) is -3.29. The molecule has 13 nitrogen and oxygen atoms in total. The van der Waals surface area contributed by atoms with Crippen LogP contribution < -0.4 is 32.3 Å². The summed E-state index contributed by atoms with van der Waals surface area (Å²) < 4.78 is 5.36. The fraction of sp³-hybridized carbons (Fsp3) is 0.310.